The number of hydrogen-bond acceptors (Lipinski definition) is 3. The number of carbonyl (C=O) groups excluding carboxylic acids is 1. The highest BCUT2D eigenvalue weighted by atomic mass is 79.9. The quantitative estimate of drug-likeness (QED) is 0.571. The summed E-state index contributed by atoms with van der Waals surface area (Å²) in [5.41, 5.74) is 3.39. The topological polar surface area (TPSA) is 50.7 Å². The van der Waals surface area contributed by atoms with Gasteiger partial charge in [-0.15, -0.1) is 0 Å². The summed E-state index contributed by atoms with van der Waals surface area (Å²) in [6, 6.07) is 5.50. The lowest BCUT2D eigenvalue weighted by Gasteiger charge is -2.08. The summed E-state index contributed by atoms with van der Waals surface area (Å²) in [6.07, 6.45) is 0.861. The van der Waals surface area contributed by atoms with Gasteiger partial charge in [0.15, 0.2) is 6.61 Å². The first-order valence-corrected chi connectivity index (χ1v) is 7.87. The number of nitrogens with zero attached hydrogens (tertiary/aromatic N) is 1. The zero-order valence-electron chi connectivity index (χ0n) is 11.7. The summed E-state index contributed by atoms with van der Waals surface area (Å²) >= 11 is 6.73. The summed E-state index contributed by atoms with van der Waals surface area (Å²) in [5, 5.41) is 4.03. The molecule has 0 spiro atoms. The molecule has 0 aliphatic rings. The third kappa shape index (κ3) is 6.52. The van der Waals surface area contributed by atoms with E-state index in [1.807, 2.05) is 19.1 Å². The molecule has 0 aliphatic carbocycles. The van der Waals surface area contributed by atoms with Crippen molar-refractivity contribution in [3.63, 3.8) is 0 Å². The van der Waals surface area contributed by atoms with Crippen molar-refractivity contribution < 1.29 is 9.53 Å². The summed E-state index contributed by atoms with van der Waals surface area (Å²) in [4.78, 5) is 11.6. The molecular formula is C14H18Br2N2O2. The van der Waals surface area contributed by atoms with Crippen molar-refractivity contribution in [2.24, 2.45) is 11.0 Å². The van der Waals surface area contributed by atoms with E-state index in [4.69, 9.17) is 4.74 Å². The van der Waals surface area contributed by atoms with E-state index in [0.29, 0.717) is 11.7 Å². The Bertz CT molecular complexity index is 502. The molecule has 0 fully saturated rings. The number of hydrogen-bond donors (Lipinski definition) is 1. The van der Waals surface area contributed by atoms with Gasteiger partial charge >= 0.3 is 0 Å². The third-order valence-electron chi connectivity index (χ3n) is 2.33. The highest BCUT2D eigenvalue weighted by Gasteiger charge is 2.06. The average Bonchev–Trinajstić information content (AvgIpc) is 2.34. The van der Waals surface area contributed by atoms with Gasteiger partial charge < -0.3 is 4.74 Å². The van der Waals surface area contributed by atoms with Crippen LogP contribution in [0.4, 0.5) is 0 Å². The maximum absolute atomic E-state index is 11.6. The number of hydrazone groups is 1. The van der Waals surface area contributed by atoms with Gasteiger partial charge in [-0.05, 0) is 53.4 Å². The molecule has 0 saturated heterocycles. The van der Waals surface area contributed by atoms with Gasteiger partial charge in [-0.3, -0.25) is 4.79 Å². The van der Waals surface area contributed by atoms with Gasteiger partial charge in [0.2, 0.25) is 0 Å². The Hall–Kier alpha value is -0.880. The van der Waals surface area contributed by atoms with Gasteiger partial charge in [0.05, 0.1) is 4.47 Å². The number of halogens is 2. The molecule has 0 aromatic heterocycles. The Morgan fingerprint density at radius 1 is 1.40 bits per heavy atom. The van der Waals surface area contributed by atoms with Crippen molar-refractivity contribution >= 4 is 43.5 Å². The van der Waals surface area contributed by atoms with Crippen molar-refractivity contribution in [1.82, 2.24) is 5.43 Å². The molecule has 6 heteroatoms. The third-order valence-corrected chi connectivity index (χ3v) is 3.44. The second-order valence-electron chi connectivity index (χ2n) is 4.84. The van der Waals surface area contributed by atoms with Gasteiger partial charge in [0.1, 0.15) is 5.75 Å². The molecule has 1 rings (SSSR count). The fourth-order valence-electron chi connectivity index (χ4n) is 1.56. The number of carbonyl (C=O) groups is 1. The Labute approximate surface area is 136 Å². The predicted molar refractivity (Wildman–Crippen MR) is 88.0 cm³/mol. The normalized spacial score (nSPS) is 11.6. The van der Waals surface area contributed by atoms with E-state index in [-0.39, 0.29) is 12.5 Å². The molecule has 4 nitrogen and oxygen atoms in total. The first kappa shape index (κ1) is 17.2. The van der Waals surface area contributed by atoms with Crippen molar-refractivity contribution in [1.29, 1.82) is 0 Å². The molecule has 0 unspecified atom stereocenters. The molecule has 0 radical (unpaired) electrons. The van der Waals surface area contributed by atoms with Gasteiger partial charge in [0, 0.05) is 10.2 Å². The monoisotopic (exact) mass is 404 g/mol. The molecule has 0 aliphatic heterocycles. The van der Waals surface area contributed by atoms with E-state index in [1.54, 1.807) is 6.07 Å². The molecule has 20 heavy (non-hydrogen) atoms. The van der Waals surface area contributed by atoms with Crippen LogP contribution in [0, 0.1) is 5.92 Å². The van der Waals surface area contributed by atoms with E-state index >= 15 is 0 Å². The second kappa shape index (κ2) is 8.42. The lowest BCUT2D eigenvalue weighted by molar-refractivity contribution is -0.123. The maximum Gasteiger partial charge on any atom is 0.277 e. The standard InChI is InChI=1S/C14H18Br2N2O2/c1-9(2)6-10(3)17-18-14(19)8-20-13-5-4-11(15)7-12(13)16/h4-5,7,9H,6,8H2,1-3H3,(H,18,19)/b17-10+. The molecule has 1 N–H and O–H groups in total. The highest BCUT2D eigenvalue weighted by Crippen LogP contribution is 2.27. The van der Waals surface area contributed by atoms with Crippen LogP contribution in [0.1, 0.15) is 27.2 Å². The SMILES string of the molecule is C/C(CC(C)C)=N\NC(=O)COc1ccc(Br)cc1Br. The minimum absolute atomic E-state index is 0.0707. The van der Waals surface area contributed by atoms with Crippen LogP contribution in [-0.4, -0.2) is 18.2 Å². The molecule has 110 valence electrons. The van der Waals surface area contributed by atoms with Crippen LogP contribution in [0.25, 0.3) is 0 Å². The number of ether oxygens (including phenoxy) is 1. The Balaban J connectivity index is 2.43. The van der Waals surface area contributed by atoms with E-state index in [1.165, 1.54) is 0 Å². The maximum atomic E-state index is 11.6. The molecule has 0 heterocycles. The van der Waals surface area contributed by atoms with Crippen LogP contribution >= 0.6 is 31.9 Å². The Morgan fingerprint density at radius 3 is 2.70 bits per heavy atom. The summed E-state index contributed by atoms with van der Waals surface area (Å²) in [6.45, 7) is 6.04. The fourth-order valence-corrected chi connectivity index (χ4v) is 2.72. The second-order valence-corrected chi connectivity index (χ2v) is 6.61. The fraction of sp³-hybridized carbons (Fsp3) is 0.429. The van der Waals surface area contributed by atoms with Gasteiger partial charge in [-0.25, -0.2) is 5.43 Å². The number of benzene rings is 1. The molecule has 0 bridgehead atoms. The zero-order chi connectivity index (χ0) is 15.1. The van der Waals surface area contributed by atoms with Crippen LogP contribution in [0.3, 0.4) is 0 Å². The van der Waals surface area contributed by atoms with Crippen LogP contribution in [-0.2, 0) is 4.79 Å². The van der Waals surface area contributed by atoms with Gasteiger partial charge in [-0.2, -0.15) is 5.10 Å². The van der Waals surface area contributed by atoms with E-state index in [9.17, 15) is 4.79 Å². The summed E-state index contributed by atoms with van der Waals surface area (Å²) in [5.74, 6) is 0.861. The van der Waals surface area contributed by atoms with Crippen LogP contribution in [0.2, 0.25) is 0 Å². The van der Waals surface area contributed by atoms with Crippen molar-refractivity contribution in [3.05, 3.63) is 27.1 Å². The minimum atomic E-state index is -0.275. The van der Waals surface area contributed by atoms with Crippen LogP contribution in [0.5, 0.6) is 5.75 Å². The van der Waals surface area contributed by atoms with E-state index in [2.05, 4.69) is 56.2 Å². The van der Waals surface area contributed by atoms with Crippen LogP contribution < -0.4 is 10.2 Å². The smallest absolute Gasteiger partial charge is 0.277 e. The molecule has 0 atom stereocenters. The van der Waals surface area contributed by atoms with Gasteiger partial charge in [0.25, 0.3) is 5.91 Å². The van der Waals surface area contributed by atoms with Gasteiger partial charge in [-0.1, -0.05) is 29.8 Å². The lowest BCUT2D eigenvalue weighted by Crippen LogP contribution is -2.25. The van der Waals surface area contributed by atoms with Crippen molar-refractivity contribution in [3.8, 4) is 5.75 Å². The molecule has 0 saturated carbocycles. The van der Waals surface area contributed by atoms with Crippen molar-refractivity contribution in [2.45, 2.75) is 27.2 Å². The van der Waals surface area contributed by atoms with Crippen molar-refractivity contribution in [2.75, 3.05) is 6.61 Å². The van der Waals surface area contributed by atoms with E-state index in [0.717, 1.165) is 21.1 Å². The molecule has 1 amide bonds. The molecular weight excluding hydrogens is 388 g/mol. The molecule has 1 aromatic rings. The lowest BCUT2D eigenvalue weighted by atomic mass is 10.1. The number of nitrogens with one attached hydrogen (secondary N) is 1. The number of rotatable bonds is 6. The van der Waals surface area contributed by atoms with E-state index < -0.39 is 0 Å². The summed E-state index contributed by atoms with van der Waals surface area (Å²) in [7, 11) is 0. The highest BCUT2D eigenvalue weighted by molar-refractivity contribution is 9.11. The van der Waals surface area contributed by atoms with Crippen LogP contribution in [0.15, 0.2) is 32.2 Å². The number of amides is 1. The first-order chi connectivity index (χ1) is 9.38. The first-order valence-electron chi connectivity index (χ1n) is 6.28. The predicted octanol–water partition coefficient (Wildman–Crippen LogP) is 4.13. The Morgan fingerprint density at radius 2 is 2.10 bits per heavy atom. The largest absolute Gasteiger partial charge is 0.483 e. The minimum Gasteiger partial charge on any atom is -0.483 e. The molecule has 1 aromatic carbocycles. The summed E-state index contributed by atoms with van der Waals surface area (Å²) < 4.78 is 7.15. The Kier molecular flexibility index (Phi) is 7.23. The average molecular weight is 406 g/mol. The zero-order valence-corrected chi connectivity index (χ0v) is 14.9.